The lowest BCUT2D eigenvalue weighted by Crippen LogP contribution is -2.38. The van der Waals surface area contributed by atoms with Crippen molar-refractivity contribution in [1.82, 2.24) is 4.57 Å². The number of carbonyl (C=O) groups is 1. The third-order valence-electron chi connectivity index (χ3n) is 3.60. The van der Waals surface area contributed by atoms with Crippen LogP contribution in [0.3, 0.4) is 0 Å². The van der Waals surface area contributed by atoms with Gasteiger partial charge in [0.2, 0.25) is 0 Å². The smallest absolute Gasteiger partial charge is 0.256 e. The molecule has 2 rings (SSSR count). The molecule has 4 heteroatoms. The molecule has 0 fully saturated rings. The Bertz CT molecular complexity index is 576. The van der Waals surface area contributed by atoms with Crippen LogP contribution in [0.4, 0.5) is 0 Å². The second-order valence-electron chi connectivity index (χ2n) is 5.25. The van der Waals surface area contributed by atoms with Crippen LogP contribution in [0, 0.1) is 0 Å². The summed E-state index contributed by atoms with van der Waals surface area (Å²) in [4.78, 5) is 10.7. The van der Waals surface area contributed by atoms with E-state index in [4.69, 9.17) is 0 Å². The van der Waals surface area contributed by atoms with Crippen LogP contribution >= 0.6 is 0 Å². The molecule has 1 aromatic heterocycles. The monoisotopic (exact) mass is 286 g/mol. The summed E-state index contributed by atoms with van der Waals surface area (Å²) in [6, 6.07) is 10.3. The molecular weight excluding hydrogens is 264 g/mol. The van der Waals surface area contributed by atoms with Gasteiger partial charge in [-0.1, -0.05) is 43.7 Å². The van der Waals surface area contributed by atoms with Gasteiger partial charge in [-0.15, -0.1) is 0 Å². The number of rotatable bonds is 8. The molecule has 0 atom stereocenters. The van der Waals surface area contributed by atoms with Gasteiger partial charge in [0.25, 0.3) is 5.82 Å². The molecule has 0 aliphatic rings. The van der Waals surface area contributed by atoms with Crippen LogP contribution in [-0.2, 0) is 24.3 Å². The maximum atomic E-state index is 10.7. The van der Waals surface area contributed by atoms with Crippen LogP contribution in [-0.4, -0.2) is 10.5 Å². The van der Waals surface area contributed by atoms with E-state index in [0.717, 1.165) is 25.8 Å². The molecule has 0 saturated carbocycles. The lowest BCUT2D eigenvalue weighted by atomic mass is 10.2. The summed E-state index contributed by atoms with van der Waals surface area (Å²) in [6.07, 6.45) is 7.24. The van der Waals surface area contributed by atoms with E-state index in [9.17, 15) is 9.90 Å². The number of carbonyl (C=O) groups excluding carboxylic acids is 1. The zero-order valence-corrected chi connectivity index (χ0v) is 12.5. The fraction of sp³-hybridized carbons (Fsp3) is 0.412. The molecule has 0 unspecified atom stereocenters. The Balaban J connectivity index is 2.17. The first kappa shape index (κ1) is 15.3. The largest absolute Gasteiger partial charge is 0.550 e. The van der Waals surface area contributed by atoms with Crippen molar-refractivity contribution in [2.75, 3.05) is 0 Å². The number of hydrogen-bond donors (Lipinski definition) is 0. The molecule has 112 valence electrons. The molecular formula is C17H22N2O2. The summed E-state index contributed by atoms with van der Waals surface area (Å²) in [5.74, 6) is 0.182. The normalized spacial score (nSPS) is 10.7. The topological polar surface area (TPSA) is 48.9 Å². The summed E-state index contributed by atoms with van der Waals surface area (Å²) in [6.45, 7) is 3.46. The second kappa shape index (κ2) is 7.62. The molecule has 1 heterocycles. The van der Waals surface area contributed by atoms with E-state index in [1.807, 2.05) is 35.2 Å². The van der Waals surface area contributed by atoms with Gasteiger partial charge in [-0.2, -0.15) is 0 Å². The van der Waals surface area contributed by atoms with Crippen molar-refractivity contribution in [2.24, 2.45) is 0 Å². The summed E-state index contributed by atoms with van der Waals surface area (Å²) in [5, 5.41) is 10.7. The molecule has 0 spiro atoms. The summed E-state index contributed by atoms with van der Waals surface area (Å²) in [5.41, 5.74) is 1.25. The number of benzene rings is 1. The van der Waals surface area contributed by atoms with Gasteiger partial charge in [0.05, 0.1) is 6.54 Å². The number of aromatic nitrogens is 2. The number of unbranched alkanes of at least 4 members (excludes halogenated alkanes) is 1. The lowest BCUT2D eigenvalue weighted by molar-refractivity contribution is -0.695. The van der Waals surface area contributed by atoms with Gasteiger partial charge in [0, 0.05) is 18.8 Å². The summed E-state index contributed by atoms with van der Waals surface area (Å²) < 4.78 is 4.24. The maximum absolute atomic E-state index is 10.7. The van der Waals surface area contributed by atoms with E-state index in [2.05, 4.69) is 23.6 Å². The van der Waals surface area contributed by atoms with Gasteiger partial charge < -0.3 is 9.90 Å². The molecule has 1 aromatic carbocycles. The van der Waals surface area contributed by atoms with Gasteiger partial charge in [-0.3, -0.25) is 0 Å². The van der Waals surface area contributed by atoms with Crippen molar-refractivity contribution in [3.63, 3.8) is 0 Å². The van der Waals surface area contributed by atoms with Crippen molar-refractivity contribution >= 4 is 5.97 Å². The highest BCUT2D eigenvalue weighted by atomic mass is 16.4. The van der Waals surface area contributed by atoms with Crippen LogP contribution < -0.4 is 9.67 Å². The standard InChI is InChI=1S/C17H22N2O2/c1-2-3-9-16-18(11-10-17(20)21)12-13-19(16)14-15-7-5-4-6-8-15/h4-8,12-13H,2-3,9-11,14H2,1H3. The molecule has 2 aromatic rings. The molecule has 0 N–H and O–H groups in total. The van der Waals surface area contributed by atoms with E-state index in [1.165, 1.54) is 11.4 Å². The van der Waals surface area contributed by atoms with Gasteiger partial charge in [0.1, 0.15) is 18.9 Å². The van der Waals surface area contributed by atoms with Crippen LogP contribution in [0.15, 0.2) is 42.7 Å². The second-order valence-corrected chi connectivity index (χ2v) is 5.25. The van der Waals surface area contributed by atoms with Gasteiger partial charge >= 0.3 is 0 Å². The molecule has 0 aliphatic carbocycles. The fourth-order valence-electron chi connectivity index (χ4n) is 2.46. The van der Waals surface area contributed by atoms with Crippen molar-refractivity contribution < 1.29 is 14.5 Å². The number of carboxylic acids is 1. The molecule has 0 radical (unpaired) electrons. The zero-order chi connectivity index (χ0) is 15.1. The Morgan fingerprint density at radius 3 is 2.71 bits per heavy atom. The highest BCUT2D eigenvalue weighted by molar-refractivity contribution is 5.64. The Hall–Kier alpha value is -2.10. The molecule has 0 saturated heterocycles. The summed E-state index contributed by atoms with van der Waals surface area (Å²) in [7, 11) is 0. The molecule has 4 nitrogen and oxygen atoms in total. The first-order chi connectivity index (χ1) is 10.2. The van der Waals surface area contributed by atoms with Gasteiger partial charge in [-0.05, 0) is 12.0 Å². The predicted molar refractivity (Wildman–Crippen MR) is 78.4 cm³/mol. The fourth-order valence-corrected chi connectivity index (χ4v) is 2.46. The lowest BCUT2D eigenvalue weighted by Gasteiger charge is -2.06. The van der Waals surface area contributed by atoms with Crippen LogP contribution in [0.5, 0.6) is 0 Å². The quantitative estimate of drug-likeness (QED) is 0.687. The Kier molecular flexibility index (Phi) is 5.55. The SMILES string of the molecule is CCCCc1n(CCC(=O)[O-])cc[n+]1Cc1ccccc1. The summed E-state index contributed by atoms with van der Waals surface area (Å²) >= 11 is 0. The zero-order valence-electron chi connectivity index (χ0n) is 12.5. The van der Waals surface area contributed by atoms with Crippen molar-refractivity contribution in [3.05, 3.63) is 54.1 Å². The minimum atomic E-state index is -1.00. The number of aliphatic carboxylic acids is 1. The molecule has 0 amide bonds. The predicted octanol–water partition coefficient (Wildman–Crippen LogP) is 1.31. The first-order valence-corrected chi connectivity index (χ1v) is 7.52. The van der Waals surface area contributed by atoms with Crippen molar-refractivity contribution in [1.29, 1.82) is 0 Å². The first-order valence-electron chi connectivity index (χ1n) is 7.52. The van der Waals surface area contributed by atoms with E-state index >= 15 is 0 Å². The average molecular weight is 286 g/mol. The third kappa shape index (κ3) is 4.45. The van der Waals surface area contributed by atoms with E-state index < -0.39 is 5.97 Å². The number of nitrogens with zero attached hydrogens (tertiary/aromatic N) is 2. The maximum Gasteiger partial charge on any atom is 0.256 e. The van der Waals surface area contributed by atoms with E-state index in [0.29, 0.717) is 6.54 Å². The number of imidazole rings is 1. The van der Waals surface area contributed by atoms with Crippen LogP contribution in [0.1, 0.15) is 37.6 Å². The van der Waals surface area contributed by atoms with Crippen molar-refractivity contribution in [3.8, 4) is 0 Å². The van der Waals surface area contributed by atoms with E-state index in [1.54, 1.807) is 0 Å². The Labute approximate surface area is 125 Å². The Morgan fingerprint density at radius 2 is 2.05 bits per heavy atom. The third-order valence-corrected chi connectivity index (χ3v) is 3.60. The molecule has 0 aliphatic heterocycles. The molecule has 0 bridgehead atoms. The van der Waals surface area contributed by atoms with Crippen molar-refractivity contribution in [2.45, 2.75) is 45.7 Å². The minimum absolute atomic E-state index is 0.0547. The van der Waals surface area contributed by atoms with Gasteiger partial charge in [0.15, 0.2) is 0 Å². The minimum Gasteiger partial charge on any atom is -0.550 e. The van der Waals surface area contributed by atoms with Gasteiger partial charge in [-0.25, -0.2) is 9.13 Å². The Morgan fingerprint density at radius 1 is 1.29 bits per heavy atom. The number of hydrogen-bond acceptors (Lipinski definition) is 2. The highest BCUT2D eigenvalue weighted by Gasteiger charge is 2.16. The number of aryl methyl sites for hydroxylation is 1. The van der Waals surface area contributed by atoms with Crippen LogP contribution in [0.2, 0.25) is 0 Å². The average Bonchev–Trinajstić information content (AvgIpc) is 2.86. The highest BCUT2D eigenvalue weighted by Crippen LogP contribution is 2.06. The number of carboxylic acid groups (broad SMARTS) is 1. The van der Waals surface area contributed by atoms with Crippen LogP contribution in [0.25, 0.3) is 0 Å². The molecule has 21 heavy (non-hydrogen) atoms. The van der Waals surface area contributed by atoms with E-state index in [-0.39, 0.29) is 6.42 Å².